The van der Waals surface area contributed by atoms with Gasteiger partial charge in [0.05, 0.1) is 26.3 Å². The van der Waals surface area contributed by atoms with E-state index in [0.29, 0.717) is 0 Å². The summed E-state index contributed by atoms with van der Waals surface area (Å²) < 4.78 is 7.69. The zero-order chi connectivity index (χ0) is 15.6. The predicted molar refractivity (Wildman–Crippen MR) is 87.6 cm³/mol. The van der Waals surface area contributed by atoms with Gasteiger partial charge in [-0.25, -0.2) is 4.79 Å². The number of quaternary nitrogens is 1. The highest BCUT2D eigenvalue weighted by atomic mass is 127. The second kappa shape index (κ2) is 7.59. The van der Waals surface area contributed by atoms with E-state index in [1.807, 2.05) is 29.7 Å². The Kier molecular flexibility index (Phi) is 5.99. The molecule has 1 fully saturated rings. The van der Waals surface area contributed by atoms with E-state index in [0.717, 1.165) is 34.6 Å². The molecule has 7 heteroatoms. The van der Waals surface area contributed by atoms with E-state index in [9.17, 15) is 4.79 Å². The van der Waals surface area contributed by atoms with Gasteiger partial charge in [0, 0.05) is 17.5 Å². The molecule has 1 unspecified atom stereocenters. The molecule has 124 valence electrons. The SMILES string of the molecule is C[N+]1(C)CCC(OC(=O)n2ccc(/C=C/c3cccs3)n2)C1.[I-]. The van der Waals surface area contributed by atoms with Crippen molar-refractivity contribution in [2.75, 3.05) is 27.2 Å². The predicted octanol–water partition coefficient (Wildman–Crippen LogP) is -0.0476. The maximum Gasteiger partial charge on any atom is 0.435 e. The molecule has 3 rings (SSSR count). The van der Waals surface area contributed by atoms with Gasteiger partial charge in [-0.15, -0.1) is 11.3 Å². The summed E-state index contributed by atoms with van der Waals surface area (Å²) >= 11 is 1.66. The zero-order valence-electron chi connectivity index (χ0n) is 13.2. The highest BCUT2D eigenvalue weighted by molar-refractivity contribution is 7.10. The second-order valence-corrected chi connectivity index (χ2v) is 7.15. The largest absolute Gasteiger partial charge is 1.00 e. The van der Waals surface area contributed by atoms with Gasteiger partial charge in [0.25, 0.3) is 0 Å². The lowest BCUT2D eigenvalue weighted by atomic mass is 10.3. The Hall–Kier alpha value is -1.19. The monoisotopic (exact) mass is 445 g/mol. The van der Waals surface area contributed by atoms with E-state index < -0.39 is 6.09 Å². The number of hydrogen-bond acceptors (Lipinski definition) is 4. The van der Waals surface area contributed by atoms with Gasteiger partial charge in [-0.3, -0.25) is 0 Å². The van der Waals surface area contributed by atoms with Crippen LogP contribution in [0.2, 0.25) is 0 Å². The molecule has 3 heterocycles. The minimum atomic E-state index is -0.400. The summed E-state index contributed by atoms with van der Waals surface area (Å²) in [6.07, 6.45) is 6.01. The number of carbonyl (C=O) groups is 1. The Bertz CT molecular complexity index is 679. The number of thiophene rings is 1. The highest BCUT2D eigenvalue weighted by Gasteiger charge is 2.33. The Morgan fingerprint density at radius 2 is 2.26 bits per heavy atom. The van der Waals surface area contributed by atoms with Crippen molar-refractivity contribution >= 4 is 29.6 Å². The first-order valence-electron chi connectivity index (χ1n) is 7.32. The van der Waals surface area contributed by atoms with Crippen molar-refractivity contribution < 1.29 is 38.0 Å². The molecule has 0 aromatic carbocycles. The molecule has 0 spiro atoms. The molecule has 1 aliphatic rings. The lowest BCUT2D eigenvalue weighted by molar-refractivity contribution is -0.879. The van der Waals surface area contributed by atoms with Crippen molar-refractivity contribution in [3.05, 3.63) is 40.3 Å². The van der Waals surface area contributed by atoms with Crippen LogP contribution in [0, 0.1) is 0 Å². The normalized spacial score (nSPS) is 19.7. The molecule has 0 aliphatic carbocycles. The summed E-state index contributed by atoms with van der Waals surface area (Å²) in [7, 11) is 4.30. The van der Waals surface area contributed by atoms with Crippen LogP contribution in [0.5, 0.6) is 0 Å². The zero-order valence-corrected chi connectivity index (χ0v) is 16.2. The summed E-state index contributed by atoms with van der Waals surface area (Å²) in [5.41, 5.74) is 0.743. The van der Waals surface area contributed by atoms with Crippen LogP contribution >= 0.6 is 11.3 Å². The van der Waals surface area contributed by atoms with Crippen LogP contribution in [-0.4, -0.2) is 53.6 Å². The standard InChI is InChI=1S/C16H20N3O2S.HI/c1-19(2)10-8-14(12-19)21-16(20)18-9-7-13(17-18)5-6-15-4-3-11-22-15;/h3-7,9,11,14H,8,10,12H2,1-2H3;1H/q+1;/p-1/b6-5+;. The summed E-state index contributed by atoms with van der Waals surface area (Å²) in [5, 5.41) is 6.27. The first-order chi connectivity index (χ1) is 10.5. The molecule has 0 amide bonds. The summed E-state index contributed by atoms with van der Waals surface area (Å²) in [5.74, 6) is 0. The van der Waals surface area contributed by atoms with E-state index in [2.05, 4.69) is 19.2 Å². The lowest BCUT2D eigenvalue weighted by Gasteiger charge is -2.22. The number of halogens is 1. The topological polar surface area (TPSA) is 44.1 Å². The van der Waals surface area contributed by atoms with E-state index in [4.69, 9.17) is 4.74 Å². The molecule has 1 atom stereocenters. The number of hydrogen-bond donors (Lipinski definition) is 0. The van der Waals surface area contributed by atoms with Gasteiger partial charge in [-0.2, -0.15) is 9.78 Å². The van der Waals surface area contributed by atoms with Crippen molar-refractivity contribution in [3.63, 3.8) is 0 Å². The molecule has 1 saturated heterocycles. The molecular weight excluding hydrogens is 425 g/mol. The van der Waals surface area contributed by atoms with Gasteiger partial charge >= 0.3 is 6.09 Å². The smallest absolute Gasteiger partial charge is 0.435 e. The third-order valence-corrected chi connectivity index (χ3v) is 4.62. The van der Waals surface area contributed by atoms with Gasteiger partial charge in [-0.1, -0.05) is 6.07 Å². The average Bonchev–Trinajstić information content (AvgIpc) is 3.17. The van der Waals surface area contributed by atoms with E-state index in [1.165, 1.54) is 4.68 Å². The van der Waals surface area contributed by atoms with Gasteiger partial charge in [0.2, 0.25) is 0 Å². The van der Waals surface area contributed by atoms with Crippen molar-refractivity contribution in [2.24, 2.45) is 0 Å². The maximum atomic E-state index is 12.1. The van der Waals surface area contributed by atoms with Crippen LogP contribution < -0.4 is 24.0 Å². The van der Waals surface area contributed by atoms with Gasteiger partial charge in [-0.05, 0) is 29.7 Å². The van der Waals surface area contributed by atoms with Crippen LogP contribution in [-0.2, 0) is 4.74 Å². The van der Waals surface area contributed by atoms with Crippen LogP contribution in [0.4, 0.5) is 4.79 Å². The molecule has 0 radical (unpaired) electrons. The first-order valence-corrected chi connectivity index (χ1v) is 8.20. The average molecular weight is 445 g/mol. The summed E-state index contributed by atoms with van der Waals surface area (Å²) in [6, 6.07) is 5.84. The summed E-state index contributed by atoms with van der Waals surface area (Å²) in [6.45, 7) is 1.89. The fourth-order valence-corrected chi connectivity index (χ4v) is 3.22. The first kappa shape index (κ1) is 18.2. The number of rotatable bonds is 3. The Morgan fingerprint density at radius 1 is 1.43 bits per heavy atom. The van der Waals surface area contributed by atoms with Gasteiger partial charge < -0.3 is 33.2 Å². The summed E-state index contributed by atoms with van der Waals surface area (Å²) in [4.78, 5) is 13.3. The Labute approximate surface area is 157 Å². The maximum absolute atomic E-state index is 12.1. The molecule has 0 N–H and O–H groups in total. The fraction of sp³-hybridized carbons (Fsp3) is 0.375. The number of likely N-dealkylation sites (tertiary alicyclic amines) is 1. The van der Waals surface area contributed by atoms with Crippen molar-refractivity contribution in [2.45, 2.75) is 12.5 Å². The van der Waals surface area contributed by atoms with Gasteiger partial charge in [0.15, 0.2) is 6.10 Å². The van der Waals surface area contributed by atoms with E-state index in [-0.39, 0.29) is 30.1 Å². The second-order valence-electron chi connectivity index (χ2n) is 6.17. The quantitative estimate of drug-likeness (QED) is 0.492. The third-order valence-electron chi connectivity index (χ3n) is 3.78. The molecule has 2 aromatic rings. The molecule has 2 aromatic heterocycles. The molecule has 1 aliphatic heterocycles. The Balaban J connectivity index is 0.00000192. The fourth-order valence-electron chi connectivity index (χ4n) is 2.60. The van der Waals surface area contributed by atoms with Gasteiger partial charge in [0.1, 0.15) is 6.54 Å². The minimum Gasteiger partial charge on any atom is -1.00 e. The molecule has 0 bridgehead atoms. The van der Waals surface area contributed by atoms with E-state index in [1.54, 1.807) is 23.6 Å². The molecular formula is C16H20IN3O2S. The number of aromatic nitrogens is 2. The molecule has 0 saturated carbocycles. The van der Waals surface area contributed by atoms with E-state index >= 15 is 0 Å². The Morgan fingerprint density at radius 3 is 2.91 bits per heavy atom. The molecule has 5 nitrogen and oxygen atoms in total. The number of likely N-dealkylation sites (N-methyl/N-ethyl adjacent to an activating group) is 1. The number of nitrogens with zero attached hydrogens (tertiary/aromatic N) is 3. The van der Waals surface area contributed by atoms with Crippen LogP contribution in [0.25, 0.3) is 12.2 Å². The highest BCUT2D eigenvalue weighted by Crippen LogP contribution is 2.17. The third kappa shape index (κ3) is 4.89. The van der Waals surface area contributed by atoms with Crippen LogP contribution in [0.1, 0.15) is 17.0 Å². The van der Waals surface area contributed by atoms with Crippen molar-refractivity contribution in [1.82, 2.24) is 9.78 Å². The minimum absolute atomic E-state index is 0. The number of ether oxygens (including phenoxy) is 1. The molecule has 23 heavy (non-hydrogen) atoms. The van der Waals surface area contributed by atoms with Crippen molar-refractivity contribution in [1.29, 1.82) is 0 Å². The van der Waals surface area contributed by atoms with Crippen molar-refractivity contribution in [3.8, 4) is 0 Å². The lowest BCUT2D eigenvalue weighted by Crippen LogP contribution is -3.00. The number of carbonyl (C=O) groups excluding carboxylic acids is 1. The van der Waals surface area contributed by atoms with Crippen LogP contribution in [0.15, 0.2) is 29.8 Å². The van der Waals surface area contributed by atoms with Crippen LogP contribution in [0.3, 0.4) is 0 Å².